The summed E-state index contributed by atoms with van der Waals surface area (Å²) >= 11 is 0. The first kappa shape index (κ1) is 11.0. The molecule has 3 rings (SSSR count). The van der Waals surface area contributed by atoms with Gasteiger partial charge in [0, 0.05) is 16.6 Å². The van der Waals surface area contributed by atoms with Crippen LogP contribution in [-0.2, 0) is 0 Å². The van der Waals surface area contributed by atoms with Crippen molar-refractivity contribution in [2.75, 3.05) is 0 Å². The highest BCUT2D eigenvalue weighted by Gasteiger charge is 2.11. The van der Waals surface area contributed by atoms with Gasteiger partial charge in [0.1, 0.15) is 5.52 Å². The summed E-state index contributed by atoms with van der Waals surface area (Å²) in [6, 6.07) is 13.7. The first-order valence-corrected chi connectivity index (χ1v) is 6.09. The van der Waals surface area contributed by atoms with Crippen LogP contribution in [0, 0.1) is 5.21 Å². The molecule has 3 nitrogen and oxygen atoms in total. The van der Waals surface area contributed by atoms with Crippen LogP contribution in [0.2, 0.25) is 0 Å². The number of benzene rings is 2. The largest absolute Gasteiger partial charge is 0.594 e. The second-order valence-corrected chi connectivity index (χ2v) is 4.82. The zero-order chi connectivity index (χ0) is 12.7. The molecule has 18 heavy (non-hydrogen) atoms. The maximum atomic E-state index is 11.8. The van der Waals surface area contributed by atoms with Crippen molar-refractivity contribution in [2.24, 2.45) is 0 Å². The summed E-state index contributed by atoms with van der Waals surface area (Å²) in [4.78, 5) is 0.701. The summed E-state index contributed by atoms with van der Waals surface area (Å²) in [5.41, 5.74) is 2.62. The lowest BCUT2D eigenvalue weighted by Crippen LogP contribution is -2.31. The van der Waals surface area contributed by atoms with E-state index in [9.17, 15) is 5.21 Å². The molecule has 0 amide bonds. The van der Waals surface area contributed by atoms with Crippen molar-refractivity contribution in [1.29, 1.82) is 0 Å². The van der Waals surface area contributed by atoms with E-state index < -0.39 is 0 Å². The van der Waals surface area contributed by atoms with Crippen molar-refractivity contribution in [2.45, 2.75) is 19.8 Å². The molecular formula is C15H14N2O. The molecular weight excluding hydrogens is 224 g/mol. The molecule has 0 aliphatic carbocycles. The molecule has 0 radical (unpaired) electrons. The Morgan fingerprint density at radius 3 is 2.61 bits per heavy atom. The lowest BCUT2D eigenvalue weighted by atomic mass is 9.99. The molecule has 3 heteroatoms. The molecule has 1 heterocycles. The van der Waals surface area contributed by atoms with Gasteiger partial charge in [-0.25, -0.2) is 0 Å². The number of para-hydroxylation sites is 1. The molecule has 0 bridgehead atoms. The molecule has 0 saturated carbocycles. The highest BCUT2D eigenvalue weighted by atomic mass is 16.5. The van der Waals surface area contributed by atoms with Crippen LogP contribution in [0.1, 0.15) is 25.3 Å². The Balaban J connectivity index is 2.46. The van der Waals surface area contributed by atoms with Crippen LogP contribution < -0.4 is 4.85 Å². The molecule has 0 saturated heterocycles. The number of hydrogen-bond donors (Lipinski definition) is 0. The van der Waals surface area contributed by atoms with Crippen molar-refractivity contribution in [1.82, 2.24) is 5.10 Å². The monoisotopic (exact) mass is 238 g/mol. The molecule has 1 aromatic heterocycles. The van der Waals surface area contributed by atoms with E-state index in [2.05, 4.69) is 25.0 Å². The van der Waals surface area contributed by atoms with Crippen LogP contribution in [0.15, 0.2) is 42.5 Å². The minimum absolute atomic E-state index is 0.466. The molecule has 0 unspecified atom stereocenters. The van der Waals surface area contributed by atoms with Gasteiger partial charge >= 0.3 is 0 Å². The standard InChI is InChI=1S/C15H14N2O/c1-10(2)11-7-8-14-13(9-11)12-5-3-4-6-15(12)17(18)16-14/h3-10H,1-2H3. The normalized spacial score (nSPS) is 11.5. The second kappa shape index (κ2) is 3.95. The van der Waals surface area contributed by atoms with Gasteiger partial charge in [-0.05, 0) is 34.5 Å². The minimum Gasteiger partial charge on any atom is -0.594 e. The van der Waals surface area contributed by atoms with Crippen LogP contribution in [0.4, 0.5) is 0 Å². The van der Waals surface area contributed by atoms with Crippen LogP contribution in [0.5, 0.6) is 0 Å². The van der Waals surface area contributed by atoms with Crippen LogP contribution in [-0.4, -0.2) is 5.10 Å². The third-order valence-electron chi connectivity index (χ3n) is 3.29. The lowest BCUT2D eigenvalue weighted by molar-refractivity contribution is -0.639. The Bertz CT molecular complexity index is 735. The average molecular weight is 238 g/mol. The molecule has 0 spiro atoms. The maximum Gasteiger partial charge on any atom is 0.252 e. The molecule has 3 aromatic rings. The van der Waals surface area contributed by atoms with E-state index in [1.807, 2.05) is 30.3 Å². The lowest BCUT2D eigenvalue weighted by Gasteiger charge is -2.08. The van der Waals surface area contributed by atoms with Crippen molar-refractivity contribution >= 4 is 21.8 Å². The zero-order valence-electron chi connectivity index (χ0n) is 10.4. The fourth-order valence-corrected chi connectivity index (χ4v) is 2.24. The van der Waals surface area contributed by atoms with E-state index in [4.69, 9.17) is 0 Å². The first-order chi connectivity index (χ1) is 8.66. The topological polar surface area (TPSA) is 39.8 Å². The molecule has 2 aromatic carbocycles. The SMILES string of the molecule is CC(C)c1ccc2n[n+]([O-])c3ccccc3c2c1. The second-order valence-electron chi connectivity index (χ2n) is 4.82. The van der Waals surface area contributed by atoms with Gasteiger partial charge in [0.2, 0.25) is 0 Å². The highest BCUT2D eigenvalue weighted by Crippen LogP contribution is 2.24. The van der Waals surface area contributed by atoms with Gasteiger partial charge in [0.25, 0.3) is 5.52 Å². The van der Waals surface area contributed by atoms with Gasteiger partial charge in [0.05, 0.1) is 5.39 Å². The van der Waals surface area contributed by atoms with Gasteiger partial charge in [-0.1, -0.05) is 32.0 Å². The van der Waals surface area contributed by atoms with E-state index in [-0.39, 0.29) is 0 Å². The molecule has 0 aliphatic heterocycles. The number of fused-ring (bicyclic) bond motifs is 3. The predicted octanol–water partition coefficient (Wildman–Crippen LogP) is 3.14. The summed E-state index contributed by atoms with van der Waals surface area (Å²) in [7, 11) is 0. The zero-order valence-corrected chi connectivity index (χ0v) is 10.4. The van der Waals surface area contributed by atoms with E-state index in [0.29, 0.717) is 16.3 Å². The minimum atomic E-state index is 0.466. The fraction of sp³-hybridized carbons (Fsp3) is 0.200. The fourth-order valence-electron chi connectivity index (χ4n) is 2.24. The van der Waals surface area contributed by atoms with Gasteiger partial charge in [-0.3, -0.25) is 0 Å². The van der Waals surface area contributed by atoms with Crippen LogP contribution in [0.25, 0.3) is 21.8 Å². The van der Waals surface area contributed by atoms with Crippen molar-refractivity contribution in [3.05, 3.63) is 53.2 Å². The highest BCUT2D eigenvalue weighted by molar-refractivity contribution is 6.02. The summed E-state index contributed by atoms with van der Waals surface area (Å²) < 4.78 is 0. The van der Waals surface area contributed by atoms with E-state index in [1.165, 1.54) is 5.56 Å². The Hall–Kier alpha value is -2.16. The Kier molecular flexibility index (Phi) is 2.40. The molecule has 0 N–H and O–H groups in total. The summed E-state index contributed by atoms with van der Waals surface area (Å²) in [5, 5.41) is 17.9. The Labute approximate surface area is 105 Å². The quantitative estimate of drug-likeness (QED) is 0.371. The Morgan fingerprint density at radius 1 is 1.06 bits per heavy atom. The van der Waals surface area contributed by atoms with Gasteiger partial charge in [-0.2, -0.15) is 0 Å². The predicted molar refractivity (Wildman–Crippen MR) is 72.3 cm³/mol. The number of hydrogen-bond acceptors (Lipinski definition) is 2. The molecule has 0 atom stereocenters. The van der Waals surface area contributed by atoms with Gasteiger partial charge < -0.3 is 5.21 Å². The smallest absolute Gasteiger partial charge is 0.252 e. The third-order valence-corrected chi connectivity index (χ3v) is 3.29. The van der Waals surface area contributed by atoms with Gasteiger partial charge in [-0.15, -0.1) is 0 Å². The van der Waals surface area contributed by atoms with Crippen molar-refractivity contribution < 1.29 is 4.85 Å². The van der Waals surface area contributed by atoms with E-state index in [0.717, 1.165) is 16.3 Å². The summed E-state index contributed by atoms with van der Waals surface area (Å²) in [5.74, 6) is 0.466. The summed E-state index contributed by atoms with van der Waals surface area (Å²) in [6.07, 6.45) is 0. The summed E-state index contributed by atoms with van der Waals surface area (Å²) in [6.45, 7) is 4.32. The number of rotatable bonds is 1. The maximum absolute atomic E-state index is 11.8. The third kappa shape index (κ3) is 1.59. The van der Waals surface area contributed by atoms with E-state index in [1.54, 1.807) is 6.07 Å². The average Bonchev–Trinajstić information content (AvgIpc) is 2.38. The van der Waals surface area contributed by atoms with Crippen LogP contribution in [0.3, 0.4) is 0 Å². The van der Waals surface area contributed by atoms with Crippen molar-refractivity contribution in [3.63, 3.8) is 0 Å². The molecule has 0 fully saturated rings. The van der Waals surface area contributed by atoms with Crippen molar-refractivity contribution in [3.8, 4) is 0 Å². The molecule has 90 valence electrons. The van der Waals surface area contributed by atoms with E-state index >= 15 is 0 Å². The Morgan fingerprint density at radius 2 is 1.83 bits per heavy atom. The number of aromatic nitrogens is 2. The number of nitrogens with zero attached hydrogens (tertiary/aromatic N) is 2. The van der Waals surface area contributed by atoms with Crippen LogP contribution >= 0.6 is 0 Å². The van der Waals surface area contributed by atoms with Gasteiger partial charge in [0.15, 0.2) is 0 Å². The molecule has 0 aliphatic rings. The first-order valence-electron chi connectivity index (χ1n) is 6.09.